The van der Waals surface area contributed by atoms with Crippen LogP contribution in [-0.2, 0) is 73.1 Å². The van der Waals surface area contributed by atoms with Crippen molar-refractivity contribution in [1.29, 1.82) is 0 Å². The van der Waals surface area contributed by atoms with Crippen molar-refractivity contribution in [3.05, 3.63) is 0 Å². The first-order valence-corrected chi connectivity index (χ1v) is 0. The molecule has 4 heavy (non-hydrogen) atoms. The monoisotopic (exact) mass is 247 g/mol. The molecule has 0 aliphatic heterocycles. The molecule has 0 N–H and O–H groups in total. The van der Waals surface area contributed by atoms with E-state index in [2.05, 4.69) is 0 Å². The van der Waals surface area contributed by atoms with E-state index in [1.165, 1.54) is 0 Å². The first-order valence-electron chi connectivity index (χ1n) is 0. The molecule has 0 aromatic heterocycles. The minimum Gasteiger partial charge on any atom is 0 e. The Kier molecular flexibility index (Phi) is 156. The Hall–Kier alpha value is 2.29. The molecule has 0 saturated heterocycles. The van der Waals surface area contributed by atoms with E-state index in [4.69, 9.17) is 0 Å². The van der Waals surface area contributed by atoms with Gasteiger partial charge >= 0.3 is 0 Å². The minimum atomic E-state index is 0. The molecule has 0 amide bonds. The molecule has 1 radical (unpaired) electrons. The van der Waals surface area contributed by atoms with Crippen molar-refractivity contribution < 1.29 is 73.1 Å². The summed E-state index contributed by atoms with van der Waals surface area (Å²) in [6.45, 7) is 0. The standard InChI is InChI=1S/Cu.Fe.2Zn. The van der Waals surface area contributed by atoms with E-state index < -0.39 is 0 Å². The van der Waals surface area contributed by atoms with Crippen LogP contribution in [0.4, 0.5) is 0 Å². The van der Waals surface area contributed by atoms with Crippen LogP contribution >= 0.6 is 0 Å². The first kappa shape index (κ1) is 33.6. The molecule has 0 aliphatic carbocycles. The van der Waals surface area contributed by atoms with Gasteiger partial charge in [-0.25, -0.2) is 0 Å². The molecule has 0 aromatic rings. The summed E-state index contributed by atoms with van der Waals surface area (Å²) in [6.07, 6.45) is 0. The second-order valence-corrected chi connectivity index (χ2v) is 0. The maximum absolute atomic E-state index is 0. The van der Waals surface area contributed by atoms with Crippen LogP contribution in [0.5, 0.6) is 0 Å². The summed E-state index contributed by atoms with van der Waals surface area (Å²) in [5.74, 6) is 0. The number of rotatable bonds is 0. The van der Waals surface area contributed by atoms with Crippen molar-refractivity contribution in [3.8, 4) is 0 Å². The summed E-state index contributed by atoms with van der Waals surface area (Å²) in [5.41, 5.74) is 0. The SMILES string of the molecule is [Cu].[Fe].[Zn].[Zn]. The third kappa shape index (κ3) is 8.86. The van der Waals surface area contributed by atoms with Crippen molar-refractivity contribution in [2.24, 2.45) is 0 Å². The van der Waals surface area contributed by atoms with Gasteiger partial charge in [0.25, 0.3) is 0 Å². The fourth-order valence-electron chi connectivity index (χ4n) is 0. The Labute approximate surface area is 72.3 Å². The Bertz CT molecular complexity index is 6.00. The Morgan fingerprint density at radius 3 is 0.750 bits per heavy atom. The summed E-state index contributed by atoms with van der Waals surface area (Å²) in [4.78, 5) is 0. The van der Waals surface area contributed by atoms with E-state index >= 15 is 0 Å². The first-order chi connectivity index (χ1) is 0. The molecule has 0 fully saturated rings. The van der Waals surface area contributed by atoms with Crippen molar-refractivity contribution in [2.75, 3.05) is 0 Å². The summed E-state index contributed by atoms with van der Waals surface area (Å²) in [7, 11) is 0. The molecular weight excluding hydrogens is 250 g/mol. The van der Waals surface area contributed by atoms with Gasteiger partial charge in [0.1, 0.15) is 0 Å². The molecule has 0 heterocycles. The smallest absolute Gasteiger partial charge is 0 e. The van der Waals surface area contributed by atoms with Gasteiger partial charge in [0.15, 0.2) is 0 Å². The van der Waals surface area contributed by atoms with E-state index in [0.29, 0.717) is 0 Å². The van der Waals surface area contributed by atoms with Gasteiger partial charge in [-0.05, 0) is 0 Å². The normalized spacial score (nSPS) is 0. The van der Waals surface area contributed by atoms with E-state index in [1.807, 2.05) is 0 Å². The van der Waals surface area contributed by atoms with E-state index in [-0.39, 0.29) is 73.1 Å². The second-order valence-electron chi connectivity index (χ2n) is 0. The van der Waals surface area contributed by atoms with Gasteiger partial charge in [-0.15, -0.1) is 0 Å². The number of hydrogen-bond donors (Lipinski definition) is 0. The Balaban J connectivity index is 0. The van der Waals surface area contributed by atoms with Crippen LogP contribution < -0.4 is 0 Å². The third-order valence-corrected chi connectivity index (χ3v) is 0. The molecule has 0 spiro atoms. The Morgan fingerprint density at radius 1 is 0.750 bits per heavy atom. The zero-order valence-corrected chi connectivity index (χ0v) is 10.0. The zero-order chi connectivity index (χ0) is 0. The minimum absolute atomic E-state index is 0. The molecule has 0 aromatic carbocycles. The molecule has 0 atom stereocenters. The van der Waals surface area contributed by atoms with E-state index in [9.17, 15) is 0 Å². The van der Waals surface area contributed by atoms with Gasteiger partial charge in [0.2, 0.25) is 0 Å². The zero-order valence-electron chi connectivity index (χ0n) is 2.07. The molecule has 4 heteroatoms. The van der Waals surface area contributed by atoms with Crippen LogP contribution in [0.25, 0.3) is 0 Å². The maximum Gasteiger partial charge on any atom is 0 e. The number of hydrogen-bond acceptors (Lipinski definition) is 0. The molecule has 0 aliphatic rings. The van der Waals surface area contributed by atoms with Gasteiger partial charge in [-0.1, -0.05) is 0 Å². The fourth-order valence-corrected chi connectivity index (χ4v) is 0. The fraction of sp³-hybridized carbons (Fsp3) is 0. The van der Waals surface area contributed by atoms with Gasteiger partial charge in [-0.2, -0.15) is 0 Å². The molecule has 23 valence electrons. The summed E-state index contributed by atoms with van der Waals surface area (Å²) in [5, 5.41) is 0. The van der Waals surface area contributed by atoms with Crippen molar-refractivity contribution in [3.63, 3.8) is 0 Å². The van der Waals surface area contributed by atoms with Crippen molar-refractivity contribution in [1.82, 2.24) is 0 Å². The predicted octanol–water partition coefficient (Wildman–Crippen LogP) is -0.0100. The van der Waals surface area contributed by atoms with Crippen LogP contribution in [0.1, 0.15) is 0 Å². The summed E-state index contributed by atoms with van der Waals surface area (Å²) in [6, 6.07) is 0. The molecule has 0 unspecified atom stereocenters. The van der Waals surface area contributed by atoms with Crippen LogP contribution in [0.2, 0.25) is 0 Å². The third-order valence-electron chi connectivity index (χ3n) is 0. The van der Waals surface area contributed by atoms with E-state index in [1.54, 1.807) is 0 Å². The largest absolute Gasteiger partial charge is 0 e. The van der Waals surface area contributed by atoms with Gasteiger partial charge < -0.3 is 0 Å². The van der Waals surface area contributed by atoms with Crippen LogP contribution in [0.3, 0.4) is 0 Å². The van der Waals surface area contributed by atoms with Crippen molar-refractivity contribution >= 4 is 0 Å². The van der Waals surface area contributed by atoms with Gasteiger partial charge in [0, 0.05) is 73.1 Å². The molecule has 0 bridgehead atoms. The average Bonchev–Trinajstić information content (AvgIpc) is 0. The summed E-state index contributed by atoms with van der Waals surface area (Å²) >= 11 is 0. The van der Waals surface area contributed by atoms with Crippen LogP contribution in [0.15, 0.2) is 0 Å². The second kappa shape index (κ2) is 18.6. The average molecular weight is 250 g/mol. The Morgan fingerprint density at radius 2 is 0.750 bits per heavy atom. The van der Waals surface area contributed by atoms with Gasteiger partial charge in [0.05, 0.1) is 0 Å². The maximum atomic E-state index is 0. The topological polar surface area (TPSA) is 0 Å². The molecule has 0 saturated carbocycles. The molecular formula is CuFeZn2. The summed E-state index contributed by atoms with van der Waals surface area (Å²) < 4.78 is 0. The van der Waals surface area contributed by atoms with Gasteiger partial charge in [-0.3, -0.25) is 0 Å². The predicted molar refractivity (Wildman–Crippen MR) is 0 cm³/mol. The van der Waals surface area contributed by atoms with Crippen LogP contribution in [-0.4, -0.2) is 0 Å². The van der Waals surface area contributed by atoms with Crippen molar-refractivity contribution in [2.45, 2.75) is 0 Å². The van der Waals surface area contributed by atoms with Crippen LogP contribution in [0, 0.1) is 0 Å². The molecule has 0 rings (SSSR count). The molecule has 0 nitrogen and oxygen atoms in total. The quantitative estimate of drug-likeness (QED) is 0.530. The van der Waals surface area contributed by atoms with E-state index in [0.717, 1.165) is 0 Å².